The summed E-state index contributed by atoms with van der Waals surface area (Å²) in [5.41, 5.74) is 1.16. The summed E-state index contributed by atoms with van der Waals surface area (Å²) in [4.78, 5) is 24.1. The molecular weight excluding hydrogens is 350 g/mol. The first-order valence-electron chi connectivity index (χ1n) is 8.35. The van der Waals surface area contributed by atoms with Crippen molar-refractivity contribution in [1.29, 1.82) is 0 Å². The highest BCUT2D eigenvalue weighted by Crippen LogP contribution is 2.29. The van der Waals surface area contributed by atoms with Crippen molar-refractivity contribution >= 4 is 17.6 Å². The van der Waals surface area contributed by atoms with E-state index >= 15 is 0 Å². The Morgan fingerprint density at radius 1 is 1.00 bits per heavy atom. The lowest BCUT2D eigenvalue weighted by Gasteiger charge is -2.16. The maximum absolute atomic E-state index is 12.4. The molecule has 144 valence electrons. The molecule has 0 heterocycles. The summed E-state index contributed by atoms with van der Waals surface area (Å²) < 4.78 is 15.6. The summed E-state index contributed by atoms with van der Waals surface area (Å²) in [6.07, 6.45) is -0.00421. The number of benzene rings is 2. The number of carbonyl (C=O) groups excluding carboxylic acids is 1. The van der Waals surface area contributed by atoms with Crippen molar-refractivity contribution in [3.63, 3.8) is 0 Å². The fourth-order valence-electron chi connectivity index (χ4n) is 2.72. The average molecular weight is 373 g/mol. The number of ether oxygens (including phenoxy) is 3. The number of nitrogens with one attached hydrogen (secondary N) is 1. The van der Waals surface area contributed by atoms with Gasteiger partial charge in [-0.25, -0.2) is 0 Å². The molecule has 0 aliphatic rings. The van der Waals surface area contributed by atoms with Crippen LogP contribution in [0.5, 0.6) is 17.2 Å². The molecule has 2 aromatic carbocycles. The van der Waals surface area contributed by atoms with E-state index in [2.05, 4.69) is 5.32 Å². The maximum atomic E-state index is 12.4. The van der Waals surface area contributed by atoms with E-state index < -0.39 is 17.8 Å². The van der Waals surface area contributed by atoms with Gasteiger partial charge in [0.25, 0.3) is 0 Å². The van der Waals surface area contributed by atoms with Crippen molar-refractivity contribution in [3.05, 3.63) is 48.0 Å². The zero-order valence-corrected chi connectivity index (χ0v) is 15.5. The van der Waals surface area contributed by atoms with Crippen molar-refractivity contribution in [2.75, 3.05) is 26.6 Å². The first-order valence-corrected chi connectivity index (χ1v) is 8.35. The van der Waals surface area contributed by atoms with E-state index in [9.17, 15) is 14.7 Å². The van der Waals surface area contributed by atoms with Crippen LogP contribution in [0.1, 0.15) is 12.0 Å². The smallest absolute Gasteiger partial charge is 0.307 e. The summed E-state index contributed by atoms with van der Waals surface area (Å²) in [7, 11) is 4.52. The number of rotatable bonds is 9. The van der Waals surface area contributed by atoms with Crippen molar-refractivity contribution < 1.29 is 28.9 Å². The van der Waals surface area contributed by atoms with Crippen molar-refractivity contribution in [2.24, 2.45) is 5.92 Å². The molecule has 0 radical (unpaired) electrons. The van der Waals surface area contributed by atoms with Gasteiger partial charge in [0, 0.05) is 12.5 Å². The van der Waals surface area contributed by atoms with Gasteiger partial charge in [0.1, 0.15) is 17.2 Å². The molecule has 0 aromatic heterocycles. The van der Waals surface area contributed by atoms with Crippen LogP contribution in [0, 0.1) is 5.92 Å². The highest BCUT2D eigenvalue weighted by molar-refractivity contribution is 5.94. The predicted octanol–water partition coefficient (Wildman–Crippen LogP) is 2.98. The number of methoxy groups -OCH3 is 3. The molecule has 0 saturated carbocycles. The fourth-order valence-corrected chi connectivity index (χ4v) is 2.72. The van der Waals surface area contributed by atoms with Gasteiger partial charge in [0.05, 0.1) is 32.9 Å². The number of hydrogen-bond donors (Lipinski definition) is 2. The molecular formula is C20H23NO6. The lowest BCUT2D eigenvalue weighted by molar-refractivity contribution is -0.143. The fraction of sp³-hybridized carbons (Fsp3) is 0.300. The summed E-state index contributed by atoms with van der Waals surface area (Å²) in [5, 5.41) is 12.2. The van der Waals surface area contributed by atoms with Gasteiger partial charge in [-0.3, -0.25) is 9.59 Å². The molecule has 0 fully saturated rings. The molecule has 7 heteroatoms. The van der Waals surface area contributed by atoms with Gasteiger partial charge in [0.15, 0.2) is 0 Å². The Morgan fingerprint density at radius 3 is 2.33 bits per heavy atom. The highest BCUT2D eigenvalue weighted by atomic mass is 16.5. The number of carboxylic acid groups (broad SMARTS) is 1. The summed E-state index contributed by atoms with van der Waals surface area (Å²) >= 11 is 0. The molecule has 0 saturated heterocycles. The Labute approximate surface area is 157 Å². The Morgan fingerprint density at radius 2 is 1.70 bits per heavy atom. The second-order valence-electron chi connectivity index (χ2n) is 5.87. The lowest BCUT2D eigenvalue weighted by Crippen LogP contribution is -2.24. The van der Waals surface area contributed by atoms with E-state index in [4.69, 9.17) is 14.2 Å². The number of aliphatic carboxylic acids is 1. The maximum Gasteiger partial charge on any atom is 0.307 e. The summed E-state index contributed by atoms with van der Waals surface area (Å²) in [6, 6.07) is 12.1. The van der Waals surface area contributed by atoms with Gasteiger partial charge in [-0.15, -0.1) is 0 Å². The van der Waals surface area contributed by atoms with Crippen molar-refractivity contribution in [1.82, 2.24) is 0 Å². The average Bonchev–Trinajstić information content (AvgIpc) is 2.67. The Bertz CT molecular complexity index is 805. The quantitative estimate of drug-likeness (QED) is 0.702. The van der Waals surface area contributed by atoms with Crippen LogP contribution in [0.25, 0.3) is 0 Å². The lowest BCUT2D eigenvalue weighted by atomic mass is 9.95. The topological polar surface area (TPSA) is 94.1 Å². The molecule has 2 aromatic rings. The molecule has 1 amide bonds. The van der Waals surface area contributed by atoms with E-state index in [0.29, 0.717) is 22.9 Å². The Balaban J connectivity index is 2.13. The number of carbonyl (C=O) groups is 2. The molecule has 0 aliphatic carbocycles. The van der Waals surface area contributed by atoms with Gasteiger partial charge < -0.3 is 24.6 Å². The first kappa shape index (κ1) is 20.1. The SMILES string of the molecule is COc1ccc(OC)c(NC(=O)CC(Cc2ccccc2OC)C(=O)O)c1. The Hall–Kier alpha value is -3.22. The highest BCUT2D eigenvalue weighted by Gasteiger charge is 2.23. The molecule has 0 bridgehead atoms. The monoisotopic (exact) mass is 373 g/mol. The van der Waals surface area contributed by atoms with Gasteiger partial charge in [-0.05, 0) is 30.2 Å². The summed E-state index contributed by atoms with van der Waals surface area (Å²) in [6.45, 7) is 0. The number of carboxylic acids is 1. The minimum absolute atomic E-state index is 0.183. The van der Waals surface area contributed by atoms with Crippen LogP contribution < -0.4 is 19.5 Å². The first-order chi connectivity index (χ1) is 13.0. The van der Waals surface area contributed by atoms with E-state index in [1.165, 1.54) is 21.3 Å². The molecule has 2 N–H and O–H groups in total. The van der Waals surface area contributed by atoms with Gasteiger partial charge >= 0.3 is 5.97 Å². The zero-order valence-electron chi connectivity index (χ0n) is 15.5. The number of hydrogen-bond acceptors (Lipinski definition) is 5. The third-order valence-electron chi connectivity index (χ3n) is 4.12. The zero-order chi connectivity index (χ0) is 19.8. The van der Waals surface area contributed by atoms with E-state index in [1.807, 2.05) is 0 Å². The largest absolute Gasteiger partial charge is 0.497 e. The molecule has 0 spiro atoms. The third kappa shape index (κ3) is 5.37. The van der Waals surface area contributed by atoms with E-state index in [1.54, 1.807) is 42.5 Å². The normalized spacial score (nSPS) is 11.4. The second-order valence-corrected chi connectivity index (χ2v) is 5.87. The van der Waals surface area contributed by atoms with Crippen LogP contribution >= 0.6 is 0 Å². The van der Waals surface area contributed by atoms with Crippen LogP contribution in [0.15, 0.2) is 42.5 Å². The van der Waals surface area contributed by atoms with Gasteiger partial charge in [0.2, 0.25) is 5.91 Å². The van der Waals surface area contributed by atoms with Crippen LogP contribution in [0.4, 0.5) is 5.69 Å². The van der Waals surface area contributed by atoms with Crippen molar-refractivity contribution in [3.8, 4) is 17.2 Å². The third-order valence-corrected chi connectivity index (χ3v) is 4.12. The van der Waals surface area contributed by atoms with E-state index in [0.717, 1.165) is 5.56 Å². The molecule has 1 unspecified atom stereocenters. The molecule has 2 rings (SSSR count). The minimum atomic E-state index is -1.05. The van der Waals surface area contributed by atoms with Gasteiger partial charge in [-0.1, -0.05) is 18.2 Å². The van der Waals surface area contributed by atoms with Crippen molar-refractivity contribution in [2.45, 2.75) is 12.8 Å². The van der Waals surface area contributed by atoms with Gasteiger partial charge in [-0.2, -0.15) is 0 Å². The number of anilines is 1. The predicted molar refractivity (Wildman–Crippen MR) is 101 cm³/mol. The molecule has 1 atom stereocenters. The minimum Gasteiger partial charge on any atom is -0.497 e. The molecule has 0 aliphatic heterocycles. The van der Waals surface area contributed by atoms with Crippen LogP contribution in [-0.2, 0) is 16.0 Å². The van der Waals surface area contributed by atoms with Crippen LogP contribution in [0.2, 0.25) is 0 Å². The molecule has 7 nitrogen and oxygen atoms in total. The number of para-hydroxylation sites is 1. The number of amides is 1. The van der Waals surface area contributed by atoms with Crippen LogP contribution in [-0.4, -0.2) is 38.3 Å². The summed E-state index contributed by atoms with van der Waals surface area (Å²) in [5.74, 6) is -0.760. The van der Waals surface area contributed by atoms with Crippen LogP contribution in [0.3, 0.4) is 0 Å². The standard InChI is InChI=1S/C20H23NO6/c1-25-15-8-9-18(27-3)16(12-15)21-19(22)11-14(20(23)24)10-13-6-4-5-7-17(13)26-2/h4-9,12,14H,10-11H2,1-3H3,(H,21,22)(H,23,24). The van der Waals surface area contributed by atoms with E-state index in [-0.39, 0.29) is 12.8 Å². The second kappa shape index (κ2) is 9.47. The molecule has 27 heavy (non-hydrogen) atoms. The Kier molecular flexibility index (Phi) is 7.05.